The maximum Gasteiger partial charge on any atom is 0.0876 e. The monoisotopic (exact) mass is 303 g/mol. The molecule has 0 bridgehead atoms. The molecule has 1 N–H and O–H groups in total. The summed E-state index contributed by atoms with van der Waals surface area (Å²) in [5.41, 5.74) is 1.39. The predicted molar refractivity (Wildman–Crippen MR) is 91.1 cm³/mol. The van der Waals surface area contributed by atoms with Crippen LogP contribution in [0.25, 0.3) is 10.1 Å². The summed E-state index contributed by atoms with van der Waals surface area (Å²) in [5, 5.41) is 7.28. The van der Waals surface area contributed by atoms with Gasteiger partial charge < -0.3 is 10.1 Å². The van der Waals surface area contributed by atoms with Crippen molar-refractivity contribution in [3.8, 4) is 0 Å². The molecular formula is C18H25NOS. The average Bonchev–Trinajstić information content (AvgIpc) is 3.14. The number of likely N-dealkylation sites (N-methyl/N-ethyl adjacent to an activating group) is 1. The highest BCUT2D eigenvalue weighted by atomic mass is 32.1. The molecule has 21 heavy (non-hydrogen) atoms. The van der Waals surface area contributed by atoms with Crippen LogP contribution in [0.2, 0.25) is 0 Å². The molecule has 1 aliphatic rings. The number of rotatable bonds is 6. The van der Waals surface area contributed by atoms with Crippen molar-refractivity contribution in [3.63, 3.8) is 0 Å². The SMILES string of the molecule is CCNC(c1cccc2ccsc12)C1(OCC)CCCC1. The molecule has 1 heterocycles. The van der Waals surface area contributed by atoms with Gasteiger partial charge in [0.2, 0.25) is 0 Å². The molecule has 3 heteroatoms. The van der Waals surface area contributed by atoms with Crippen LogP contribution >= 0.6 is 11.3 Å². The van der Waals surface area contributed by atoms with Gasteiger partial charge in [0.05, 0.1) is 11.6 Å². The van der Waals surface area contributed by atoms with Gasteiger partial charge in [0.25, 0.3) is 0 Å². The highest BCUT2D eigenvalue weighted by Gasteiger charge is 2.43. The zero-order chi connectivity index (χ0) is 14.7. The molecule has 1 atom stereocenters. The lowest BCUT2D eigenvalue weighted by Crippen LogP contribution is -2.44. The molecular weight excluding hydrogens is 278 g/mol. The van der Waals surface area contributed by atoms with Gasteiger partial charge in [-0.15, -0.1) is 11.3 Å². The summed E-state index contributed by atoms with van der Waals surface area (Å²) in [6.07, 6.45) is 4.89. The first-order valence-corrected chi connectivity index (χ1v) is 9.02. The van der Waals surface area contributed by atoms with Crippen molar-refractivity contribution in [2.24, 2.45) is 0 Å². The van der Waals surface area contributed by atoms with Crippen LogP contribution in [0.3, 0.4) is 0 Å². The van der Waals surface area contributed by atoms with Crippen molar-refractivity contribution in [1.82, 2.24) is 5.32 Å². The summed E-state index contributed by atoms with van der Waals surface area (Å²) in [5.74, 6) is 0. The normalized spacial score (nSPS) is 19.1. The van der Waals surface area contributed by atoms with Crippen LogP contribution in [0.4, 0.5) is 0 Å². The standard InChI is InChI=1S/C18H25NOS/c1-3-19-17(18(20-4-2)11-5-6-12-18)15-9-7-8-14-10-13-21-16(14)15/h7-10,13,17,19H,3-6,11-12H2,1-2H3. The molecule has 0 spiro atoms. The molecule has 1 aromatic carbocycles. The van der Waals surface area contributed by atoms with Crippen molar-refractivity contribution in [3.05, 3.63) is 35.2 Å². The Hall–Kier alpha value is -0.900. The van der Waals surface area contributed by atoms with Gasteiger partial charge in [-0.25, -0.2) is 0 Å². The molecule has 1 fully saturated rings. The maximum atomic E-state index is 6.33. The van der Waals surface area contributed by atoms with Crippen molar-refractivity contribution in [2.75, 3.05) is 13.2 Å². The summed E-state index contributed by atoms with van der Waals surface area (Å²) in [4.78, 5) is 0. The van der Waals surface area contributed by atoms with Gasteiger partial charge in [0.15, 0.2) is 0 Å². The summed E-state index contributed by atoms with van der Waals surface area (Å²) in [7, 11) is 0. The van der Waals surface area contributed by atoms with Crippen molar-refractivity contribution >= 4 is 21.4 Å². The van der Waals surface area contributed by atoms with Gasteiger partial charge >= 0.3 is 0 Å². The number of nitrogens with one attached hydrogen (secondary N) is 1. The van der Waals surface area contributed by atoms with Gasteiger partial charge in [-0.05, 0) is 48.7 Å². The van der Waals surface area contributed by atoms with Gasteiger partial charge in [0, 0.05) is 11.3 Å². The smallest absolute Gasteiger partial charge is 0.0876 e. The Morgan fingerprint density at radius 3 is 2.76 bits per heavy atom. The van der Waals surface area contributed by atoms with E-state index in [1.54, 1.807) is 0 Å². The van der Waals surface area contributed by atoms with E-state index in [0.29, 0.717) is 6.04 Å². The van der Waals surface area contributed by atoms with E-state index >= 15 is 0 Å². The quantitative estimate of drug-likeness (QED) is 0.819. The summed E-state index contributed by atoms with van der Waals surface area (Å²) in [6.45, 7) is 6.08. The van der Waals surface area contributed by atoms with E-state index in [2.05, 4.69) is 48.8 Å². The number of ether oxygens (including phenoxy) is 1. The Bertz CT molecular complexity index is 586. The minimum atomic E-state index is -0.0248. The lowest BCUT2D eigenvalue weighted by Gasteiger charge is -2.38. The van der Waals surface area contributed by atoms with E-state index < -0.39 is 0 Å². The van der Waals surface area contributed by atoms with Gasteiger partial charge in [0.1, 0.15) is 0 Å². The maximum absolute atomic E-state index is 6.33. The summed E-state index contributed by atoms with van der Waals surface area (Å²) < 4.78 is 7.74. The van der Waals surface area contributed by atoms with Crippen molar-refractivity contribution in [1.29, 1.82) is 0 Å². The largest absolute Gasteiger partial charge is 0.373 e. The fraction of sp³-hybridized carbons (Fsp3) is 0.556. The van der Waals surface area contributed by atoms with Crippen LogP contribution in [-0.4, -0.2) is 18.8 Å². The average molecular weight is 303 g/mol. The van der Waals surface area contributed by atoms with Crippen LogP contribution in [0.15, 0.2) is 29.6 Å². The third-order valence-corrected chi connectivity index (χ3v) is 5.62. The number of benzene rings is 1. The molecule has 1 aromatic heterocycles. The molecule has 3 rings (SSSR count). The Morgan fingerprint density at radius 2 is 2.05 bits per heavy atom. The fourth-order valence-electron chi connectivity index (χ4n) is 3.80. The molecule has 0 radical (unpaired) electrons. The second-order valence-corrected chi connectivity index (χ2v) is 6.80. The number of hydrogen-bond acceptors (Lipinski definition) is 3. The van der Waals surface area contributed by atoms with Gasteiger partial charge in [-0.2, -0.15) is 0 Å². The first-order chi connectivity index (χ1) is 10.3. The Kier molecular flexibility index (Phi) is 4.63. The Balaban J connectivity index is 2.06. The number of fused-ring (bicyclic) bond motifs is 1. The second-order valence-electron chi connectivity index (χ2n) is 5.88. The molecule has 1 aliphatic carbocycles. The van der Waals surface area contributed by atoms with E-state index in [9.17, 15) is 0 Å². The molecule has 2 nitrogen and oxygen atoms in total. The van der Waals surface area contributed by atoms with E-state index in [1.165, 1.54) is 41.3 Å². The van der Waals surface area contributed by atoms with Crippen LogP contribution < -0.4 is 5.32 Å². The number of hydrogen-bond donors (Lipinski definition) is 1. The molecule has 1 unspecified atom stereocenters. The molecule has 0 saturated heterocycles. The number of thiophene rings is 1. The molecule has 0 aliphatic heterocycles. The molecule has 114 valence electrons. The molecule has 2 aromatic rings. The minimum absolute atomic E-state index is 0.0248. The van der Waals surface area contributed by atoms with Gasteiger partial charge in [-0.1, -0.05) is 38.0 Å². The molecule has 1 saturated carbocycles. The van der Waals surface area contributed by atoms with Crippen LogP contribution in [-0.2, 0) is 4.74 Å². The van der Waals surface area contributed by atoms with E-state index in [1.807, 2.05) is 11.3 Å². The van der Waals surface area contributed by atoms with E-state index in [4.69, 9.17) is 4.74 Å². The predicted octanol–water partition coefficient (Wildman–Crippen LogP) is 4.90. The Labute approximate surface area is 131 Å². The van der Waals surface area contributed by atoms with Crippen LogP contribution in [0.5, 0.6) is 0 Å². The third kappa shape index (κ3) is 2.75. The minimum Gasteiger partial charge on any atom is -0.373 e. The lowest BCUT2D eigenvalue weighted by atomic mass is 9.86. The lowest BCUT2D eigenvalue weighted by molar-refractivity contribution is -0.0619. The first kappa shape index (κ1) is 15.0. The highest BCUT2D eigenvalue weighted by molar-refractivity contribution is 7.17. The highest BCUT2D eigenvalue weighted by Crippen LogP contribution is 2.45. The molecule has 0 amide bonds. The van der Waals surface area contributed by atoms with E-state index in [-0.39, 0.29) is 5.60 Å². The van der Waals surface area contributed by atoms with Gasteiger partial charge in [-0.3, -0.25) is 0 Å². The van der Waals surface area contributed by atoms with E-state index in [0.717, 1.165) is 13.2 Å². The fourth-order valence-corrected chi connectivity index (χ4v) is 4.75. The first-order valence-electron chi connectivity index (χ1n) is 8.14. The summed E-state index contributed by atoms with van der Waals surface area (Å²) in [6, 6.07) is 9.19. The Morgan fingerprint density at radius 1 is 1.24 bits per heavy atom. The second kappa shape index (κ2) is 6.47. The van der Waals surface area contributed by atoms with Crippen LogP contribution in [0, 0.1) is 0 Å². The van der Waals surface area contributed by atoms with Crippen molar-refractivity contribution < 1.29 is 4.74 Å². The zero-order valence-corrected chi connectivity index (χ0v) is 13.8. The third-order valence-electron chi connectivity index (χ3n) is 4.64. The summed E-state index contributed by atoms with van der Waals surface area (Å²) >= 11 is 1.85. The topological polar surface area (TPSA) is 21.3 Å². The zero-order valence-electron chi connectivity index (χ0n) is 13.0. The van der Waals surface area contributed by atoms with Crippen LogP contribution in [0.1, 0.15) is 51.1 Å². The van der Waals surface area contributed by atoms with Crippen molar-refractivity contribution in [2.45, 2.75) is 51.2 Å².